The van der Waals surface area contributed by atoms with Gasteiger partial charge in [-0.05, 0) is 43.3 Å². The molecular weight excluding hydrogens is 308 g/mol. The molecule has 0 radical (unpaired) electrons. The largest absolute Gasteiger partial charge is 0.478 e. The summed E-state index contributed by atoms with van der Waals surface area (Å²) in [6.45, 7) is 1.97. The molecule has 0 bridgehead atoms. The number of carboxylic acid groups (broad SMARTS) is 1. The highest BCUT2D eigenvalue weighted by Crippen LogP contribution is 2.25. The maximum atomic E-state index is 12.5. The number of carbonyl (C=O) groups excluding carboxylic acids is 2. The number of hydrogen-bond donors (Lipinski definition) is 2. The van der Waals surface area contributed by atoms with E-state index in [-0.39, 0.29) is 23.8 Å². The summed E-state index contributed by atoms with van der Waals surface area (Å²) in [6, 6.07) is 12.6. The Morgan fingerprint density at radius 2 is 1.71 bits per heavy atom. The first-order chi connectivity index (χ1) is 11.5. The van der Waals surface area contributed by atoms with E-state index < -0.39 is 12.0 Å². The first-order valence-corrected chi connectivity index (χ1v) is 7.49. The topological polar surface area (TPSA) is 86.7 Å². The summed E-state index contributed by atoms with van der Waals surface area (Å²) in [6.07, 6.45) is 0.0629. The Labute approximate surface area is 138 Å². The summed E-state index contributed by atoms with van der Waals surface area (Å²) in [4.78, 5) is 36.7. The molecule has 1 fully saturated rings. The zero-order valence-electron chi connectivity index (χ0n) is 13.0. The monoisotopic (exact) mass is 324 g/mol. The molecule has 0 aliphatic carbocycles. The minimum Gasteiger partial charge on any atom is -0.478 e. The van der Waals surface area contributed by atoms with E-state index in [0.717, 1.165) is 16.2 Å². The molecule has 0 spiro atoms. The molecule has 1 saturated heterocycles. The first kappa shape index (κ1) is 15.7. The van der Waals surface area contributed by atoms with Crippen LogP contribution in [-0.4, -0.2) is 28.9 Å². The van der Waals surface area contributed by atoms with Gasteiger partial charge in [-0.3, -0.25) is 9.59 Å². The van der Waals surface area contributed by atoms with Crippen LogP contribution in [0.25, 0.3) is 0 Å². The van der Waals surface area contributed by atoms with Crippen molar-refractivity contribution in [2.24, 2.45) is 0 Å². The minimum absolute atomic E-state index is 0.0629. The van der Waals surface area contributed by atoms with Gasteiger partial charge in [0, 0.05) is 5.69 Å². The molecular formula is C18H16N2O4. The first-order valence-electron chi connectivity index (χ1n) is 7.49. The molecule has 24 heavy (non-hydrogen) atoms. The highest BCUT2D eigenvalue weighted by Gasteiger charge is 2.39. The highest BCUT2D eigenvalue weighted by molar-refractivity contribution is 6.23. The van der Waals surface area contributed by atoms with Crippen LogP contribution in [0.2, 0.25) is 0 Å². The van der Waals surface area contributed by atoms with Crippen LogP contribution in [-0.2, 0) is 9.59 Å². The SMILES string of the molecule is Cc1ccc(N[C@H]2CC(=O)N(c3ccc(C(=O)O)cc3)C2=O)cc1. The standard InChI is InChI=1S/C18H16N2O4/c1-11-2-6-13(7-3-11)19-15-10-16(21)20(17(15)22)14-8-4-12(5-9-14)18(23)24/h2-9,15,19H,10H2,1H3,(H,23,24)/t15-/m0/s1. The number of aryl methyl sites for hydroxylation is 1. The quantitative estimate of drug-likeness (QED) is 0.844. The number of amides is 2. The van der Waals surface area contributed by atoms with Gasteiger partial charge in [0.1, 0.15) is 6.04 Å². The fraction of sp³-hybridized carbons (Fsp3) is 0.167. The summed E-state index contributed by atoms with van der Waals surface area (Å²) in [5.41, 5.74) is 2.36. The molecule has 2 aromatic carbocycles. The second kappa shape index (κ2) is 6.16. The van der Waals surface area contributed by atoms with Crippen LogP contribution in [0.1, 0.15) is 22.3 Å². The number of rotatable bonds is 4. The average Bonchev–Trinajstić information content (AvgIpc) is 2.83. The van der Waals surface area contributed by atoms with Gasteiger partial charge in [0.2, 0.25) is 5.91 Å². The van der Waals surface area contributed by atoms with E-state index in [1.807, 2.05) is 31.2 Å². The number of carboxylic acids is 1. The number of anilines is 2. The van der Waals surface area contributed by atoms with Gasteiger partial charge in [0.25, 0.3) is 5.91 Å². The van der Waals surface area contributed by atoms with E-state index in [9.17, 15) is 14.4 Å². The normalized spacial score (nSPS) is 17.2. The molecule has 2 N–H and O–H groups in total. The van der Waals surface area contributed by atoms with Gasteiger partial charge < -0.3 is 10.4 Å². The number of imide groups is 1. The second-order valence-electron chi connectivity index (χ2n) is 5.69. The number of nitrogens with one attached hydrogen (secondary N) is 1. The van der Waals surface area contributed by atoms with Crippen molar-refractivity contribution in [2.45, 2.75) is 19.4 Å². The summed E-state index contributed by atoms with van der Waals surface area (Å²) in [5.74, 6) is -1.71. The van der Waals surface area contributed by atoms with Gasteiger partial charge in [-0.2, -0.15) is 0 Å². The Hall–Kier alpha value is -3.15. The Bertz CT molecular complexity index is 797. The van der Waals surface area contributed by atoms with Gasteiger partial charge in [-0.25, -0.2) is 9.69 Å². The maximum absolute atomic E-state index is 12.5. The van der Waals surface area contributed by atoms with Crippen molar-refractivity contribution in [3.63, 3.8) is 0 Å². The lowest BCUT2D eigenvalue weighted by Gasteiger charge is -2.16. The van der Waals surface area contributed by atoms with Gasteiger partial charge in [0.15, 0.2) is 0 Å². The van der Waals surface area contributed by atoms with Crippen LogP contribution in [0.4, 0.5) is 11.4 Å². The molecule has 0 saturated carbocycles. The highest BCUT2D eigenvalue weighted by atomic mass is 16.4. The van der Waals surface area contributed by atoms with E-state index in [0.29, 0.717) is 5.69 Å². The van der Waals surface area contributed by atoms with Crippen LogP contribution >= 0.6 is 0 Å². The smallest absolute Gasteiger partial charge is 0.335 e. The Morgan fingerprint density at radius 1 is 1.08 bits per heavy atom. The van der Waals surface area contributed by atoms with E-state index in [1.54, 1.807) is 0 Å². The predicted octanol–water partition coefficient (Wildman–Crippen LogP) is 2.44. The Kier molecular flexibility index (Phi) is 4.04. The molecule has 1 aliphatic rings. The number of benzene rings is 2. The fourth-order valence-electron chi connectivity index (χ4n) is 2.62. The molecule has 0 aromatic heterocycles. The predicted molar refractivity (Wildman–Crippen MR) is 89.1 cm³/mol. The van der Waals surface area contributed by atoms with Crippen LogP contribution in [0.3, 0.4) is 0 Å². The summed E-state index contributed by atoms with van der Waals surface area (Å²) in [5, 5.41) is 12.0. The number of carbonyl (C=O) groups is 3. The molecule has 1 atom stereocenters. The minimum atomic E-state index is -1.06. The van der Waals surface area contributed by atoms with E-state index in [1.165, 1.54) is 24.3 Å². The molecule has 6 heteroatoms. The molecule has 2 amide bonds. The number of nitrogens with zero attached hydrogens (tertiary/aromatic N) is 1. The van der Waals surface area contributed by atoms with E-state index in [2.05, 4.69) is 5.32 Å². The molecule has 1 aliphatic heterocycles. The molecule has 1 heterocycles. The van der Waals surface area contributed by atoms with Crippen molar-refractivity contribution in [3.05, 3.63) is 59.7 Å². The lowest BCUT2D eigenvalue weighted by Crippen LogP contribution is -2.34. The Morgan fingerprint density at radius 3 is 2.29 bits per heavy atom. The van der Waals surface area contributed by atoms with Crippen LogP contribution < -0.4 is 10.2 Å². The fourth-order valence-corrected chi connectivity index (χ4v) is 2.62. The van der Waals surface area contributed by atoms with Crippen molar-refractivity contribution < 1.29 is 19.5 Å². The van der Waals surface area contributed by atoms with Crippen molar-refractivity contribution in [1.82, 2.24) is 0 Å². The maximum Gasteiger partial charge on any atom is 0.335 e. The third-order valence-corrected chi connectivity index (χ3v) is 3.91. The summed E-state index contributed by atoms with van der Waals surface area (Å²) < 4.78 is 0. The molecule has 6 nitrogen and oxygen atoms in total. The molecule has 2 aromatic rings. The van der Waals surface area contributed by atoms with E-state index >= 15 is 0 Å². The van der Waals surface area contributed by atoms with Crippen molar-refractivity contribution in [2.75, 3.05) is 10.2 Å². The average molecular weight is 324 g/mol. The Balaban J connectivity index is 1.78. The van der Waals surface area contributed by atoms with Crippen LogP contribution in [0.15, 0.2) is 48.5 Å². The second-order valence-corrected chi connectivity index (χ2v) is 5.69. The van der Waals surface area contributed by atoms with E-state index in [4.69, 9.17) is 5.11 Å². The zero-order valence-corrected chi connectivity index (χ0v) is 13.0. The summed E-state index contributed by atoms with van der Waals surface area (Å²) >= 11 is 0. The number of hydrogen-bond acceptors (Lipinski definition) is 4. The zero-order chi connectivity index (χ0) is 17.3. The molecule has 3 rings (SSSR count). The van der Waals surface area contributed by atoms with Crippen LogP contribution in [0, 0.1) is 6.92 Å². The third-order valence-electron chi connectivity index (χ3n) is 3.91. The van der Waals surface area contributed by atoms with Gasteiger partial charge in [0.05, 0.1) is 17.7 Å². The van der Waals surface area contributed by atoms with Crippen molar-refractivity contribution in [1.29, 1.82) is 0 Å². The van der Waals surface area contributed by atoms with Gasteiger partial charge in [-0.1, -0.05) is 17.7 Å². The van der Waals surface area contributed by atoms with Crippen molar-refractivity contribution >= 4 is 29.2 Å². The number of aromatic carboxylic acids is 1. The summed E-state index contributed by atoms with van der Waals surface area (Å²) in [7, 11) is 0. The van der Waals surface area contributed by atoms with Gasteiger partial charge in [-0.15, -0.1) is 0 Å². The van der Waals surface area contributed by atoms with Crippen LogP contribution in [0.5, 0.6) is 0 Å². The lowest BCUT2D eigenvalue weighted by atomic mass is 10.2. The van der Waals surface area contributed by atoms with Gasteiger partial charge >= 0.3 is 5.97 Å². The lowest BCUT2D eigenvalue weighted by molar-refractivity contribution is -0.121. The van der Waals surface area contributed by atoms with Crippen molar-refractivity contribution in [3.8, 4) is 0 Å². The third kappa shape index (κ3) is 2.99. The molecule has 0 unspecified atom stereocenters. The molecule has 122 valence electrons.